The zero-order chi connectivity index (χ0) is 53.8. The maximum atomic E-state index is 6.71. The lowest BCUT2D eigenvalue weighted by molar-refractivity contribution is 0.668. The number of rotatable bonds is 8. The van der Waals surface area contributed by atoms with Crippen LogP contribution in [0.2, 0.25) is 0 Å². The molecule has 17 aromatic rings. The Kier molecular flexibility index (Phi) is 10.2. The number of fused-ring (bicyclic) bond motifs is 12. The van der Waals surface area contributed by atoms with Crippen LogP contribution in [0.3, 0.4) is 0 Å². The summed E-state index contributed by atoms with van der Waals surface area (Å²) >= 11 is 0. The monoisotopic (exact) mass is 1050 g/mol. The fraction of sp³-hybridized carbons (Fsp3) is 0. The molecular formula is C75H45N5O2. The summed E-state index contributed by atoms with van der Waals surface area (Å²) in [6, 6.07) is 96.4. The van der Waals surface area contributed by atoms with E-state index in [4.69, 9.17) is 23.8 Å². The van der Waals surface area contributed by atoms with Crippen LogP contribution in [0.1, 0.15) is 0 Å². The molecule has 0 saturated carbocycles. The number of benzene rings is 12. The maximum absolute atomic E-state index is 6.71. The predicted molar refractivity (Wildman–Crippen MR) is 336 cm³/mol. The van der Waals surface area contributed by atoms with Gasteiger partial charge in [0, 0.05) is 71.2 Å². The smallest absolute Gasteiger partial charge is 0.164 e. The van der Waals surface area contributed by atoms with Crippen molar-refractivity contribution in [3.05, 3.63) is 273 Å². The molecule has 0 radical (unpaired) electrons. The van der Waals surface area contributed by atoms with Crippen LogP contribution in [0.5, 0.6) is 0 Å². The Labute approximate surface area is 469 Å². The number of para-hydroxylation sites is 4. The number of aromatic nitrogens is 5. The molecule has 82 heavy (non-hydrogen) atoms. The zero-order valence-electron chi connectivity index (χ0n) is 44.0. The summed E-state index contributed by atoms with van der Waals surface area (Å²) in [7, 11) is 0. The van der Waals surface area contributed by atoms with E-state index in [2.05, 4.69) is 252 Å². The van der Waals surface area contributed by atoms with Crippen molar-refractivity contribution >= 4 is 87.5 Å². The van der Waals surface area contributed by atoms with Crippen molar-refractivity contribution in [2.75, 3.05) is 0 Å². The molecule has 0 aliphatic carbocycles. The van der Waals surface area contributed by atoms with E-state index in [0.717, 1.165) is 116 Å². The second-order valence-electron chi connectivity index (χ2n) is 21.1. The Hall–Kier alpha value is -11.2. The van der Waals surface area contributed by atoms with Gasteiger partial charge in [-0.25, -0.2) is 15.0 Å². The van der Waals surface area contributed by atoms with Crippen LogP contribution in [0.4, 0.5) is 0 Å². The fourth-order valence-electron chi connectivity index (χ4n) is 12.6. The average Bonchev–Trinajstić information content (AvgIpc) is 4.50. The van der Waals surface area contributed by atoms with Crippen LogP contribution >= 0.6 is 0 Å². The molecule has 0 atom stereocenters. The van der Waals surface area contributed by atoms with Gasteiger partial charge in [-0.05, 0) is 130 Å². The summed E-state index contributed by atoms with van der Waals surface area (Å²) in [5.41, 5.74) is 19.1. The Morgan fingerprint density at radius 3 is 1.39 bits per heavy atom. The third-order valence-corrected chi connectivity index (χ3v) is 16.4. The first-order chi connectivity index (χ1) is 40.6. The van der Waals surface area contributed by atoms with Gasteiger partial charge in [-0.2, -0.15) is 0 Å². The largest absolute Gasteiger partial charge is 0.456 e. The number of hydrogen-bond acceptors (Lipinski definition) is 5. The van der Waals surface area contributed by atoms with Crippen LogP contribution in [0.25, 0.3) is 166 Å². The van der Waals surface area contributed by atoms with Gasteiger partial charge in [-0.3, -0.25) is 0 Å². The second kappa shape index (κ2) is 18.2. The molecule has 0 fully saturated rings. The van der Waals surface area contributed by atoms with Crippen LogP contribution in [0.15, 0.2) is 282 Å². The fourth-order valence-corrected chi connectivity index (χ4v) is 12.6. The van der Waals surface area contributed by atoms with Crippen molar-refractivity contribution in [2.45, 2.75) is 0 Å². The summed E-state index contributed by atoms with van der Waals surface area (Å²) < 4.78 is 17.8. The highest BCUT2D eigenvalue weighted by molar-refractivity contribution is 6.15. The molecule has 0 bridgehead atoms. The molecular weight excluding hydrogens is 1000 g/mol. The maximum Gasteiger partial charge on any atom is 0.164 e. The van der Waals surface area contributed by atoms with Crippen LogP contribution in [0, 0.1) is 0 Å². The molecule has 12 aromatic carbocycles. The van der Waals surface area contributed by atoms with Gasteiger partial charge in [-0.15, -0.1) is 0 Å². The molecule has 382 valence electrons. The molecule has 0 saturated heterocycles. The van der Waals surface area contributed by atoms with E-state index in [1.807, 2.05) is 30.3 Å². The predicted octanol–water partition coefficient (Wildman–Crippen LogP) is 19.9. The van der Waals surface area contributed by atoms with Gasteiger partial charge in [0.05, 0.1) is 22.1 Å². The van der Waals surface area contributed by atoms with Crippen molar-refractivity contribution in [3.63, 3.8) is 0 Å². The minimum absolute atomic E-state index is 0.542. The lowest BCUT2D eigenvalue weighted by atomic mass is 9.99. The highest BCUT2D eigenvalue weighted by Crippen LogP contribution is 2.42. The molecule has 0 N–H and O–H groups in total. The number of nitrogens with zero attached hydrogens (tertiary/aromatic N) is 5. The minimum atomic E-state index is 0.542. The van der Waals surface area contributed by atoms with Gasteiger partial charge >= 0.3 is 0 Å². The van der Waals surface area contributed by atoms with Crippen molar-refractivity contribution in [2.24, 2.45) is 0 Å². The quantitative estimate of drug-likeness (QED) is 0.152. The third-order valence-electron chi connectivity index (χ3n) is 16.4. The summed E-state index contributed by atoms with van der Waals surface area (Å²) in [4.78, 5) is 16.2. The molecule has 0 aliphatic heterocycles. The SMILES string of the molecule is c1ccc(-c2cccc(-n3c4ccccc4c4cc(-c5ccc6oc7cccc(-c8nc(-c9cccc(-c%10ccc%11c(c%10)oc%10ccccc%10%11)c9)nc(-c9cccc(-n%10c%11ccccc%11c%11ccccc%11%10)c9)n8)c7c6c5)ccc43)c2)cc1. The van der Waals surface area contributed by atoms with Gasteiger partial charge in [0.1, 0.15) is 22.3 Å². The van der Waals surface area contributed by atoms with E-state index in [9.17, 15) is 0 Å². The van der Waals surface area contributed by atoms with Crippen LogP contribution in [-0.2, 0) is 0 Å². The van der Waals surface area contributed by atoms with Gasteiger partial charge in [-0.1, -0.05) is 176 Å². The highest BCUT2D eigenvalue weighted by atomic mass is 16.3. The summed E-state index contributed by atoms with van der Waals surface area (Å²) in [5.74, 6) is 1.65. The summed E-state index contributed by atoms with van der Waals surface area (Å²) in [6.07, 6.45) is 0. The van der Waals surface area contributed by atoms with Gasteiger partial charge in [0.15, 0.2) is 17.5 Å². The third kappa shape index (κ3) is 7.34. The van der Waals surface area contributed by atoms with Crippen molar-refractivity contribution in [3.8, 4) is 78.9 Å². The number of hydrogen-bond donors (Lipinski definition) is 0. The normalized spacial score (nSPS) is 11.9. The van der Waals surface area contributed by atoms with Crippen molar-refractivity contribution in [1.82, 2.24) is 24.1 Å². The Morgan fingerprint density at radius 1 is 0.232 bits per heavy atom. The molecule has 7 heteroatoms. The van der Waals surface area contributed by atoms with E-state index in [1.54, 1.807) is 0 Å². The van der Waals surface area contributed by atoms with Gasteiger partial charge in [0.25, 0.3) is 0 Å². The molecule has 17 rings (SSSR count). The van der Waals surface area contributed by atoms with Crippen LogP contribution in [-0.4, -0.2) is 24.1 Å². The Bertz CT molecular complexity index is 5380. The highest BCUT2D eigenvalue weighted by Gasteiger charge is 2.21. The molecule has 0 amide bonds. The van der Waals surface area contributed by atoms with Gasteiger partial charge in [0.2, 0.25) is 0 Å². The molecule has 0 unspecified atom stereocenters. The first-order valence-electron chi connectivity index (χ1n) is 27.6. The first-order valence-corrected chi connectivity index (χ1v) is 27.6. The van der Waals surface area contributed by atoms with E-state index in [-0.39, 0.29) is 0 Å². The molecule has 5 heterocycles. The van der Waals surface area contributed by atoms with Crippen LogP contribution < -0.4 is 0 Å². The van der Waals surface area contributed by atoms with Crippen molar-refractivity contribution < 1.29 is 8.83 Å². The molecule has 0 spiro atoms. The van der Waals surface area contributed by atoms with Gasteiger partial charge < -0.3 is 18.0 Å². The second-order valence-corrected chi connectivity index (χ2v) is 21.1. The Morgan fingerprint density at radius 2 is 0.671 bits per heavy atom. The molecule has 0 aliphatic rings. The van der Waals surface area contributed by atoms with E-state index in [0.29, 0.717) is 17.5 Å². The first kappa shape index (κ1) is 45.8. The topological polar surface area (TPSA) is 74.8 Å². The lowest BCUT2D eigenvalue weighted by Gasteiger charge is -2.12. The minimum Gasteiger partial charge on any atom is -0.456 e. The number of furan rings is 2. The Balaban J connectivity index is 0.821. The average molecular weight is 1050 g/mol. The summed E-state index contributed by atoms with van der Waals surface area (Å²) in [5, 5.41) is 8.88. The lowest BCUT2D eigenvalue weighted by Crippen LogP contribution is -2.01. The molecule has 5 aromatic heterocycles. The summed E-state index contributed by atoms with van der Waals surface area (Å²) in [6.45, 7) is 0. The molecule has 7 nitrogen and oxygen atoms in total. The van der Waals surface area contributed by atoms with E-state index < -0.39 is 0 Å². The zero-order valence-corrected chi connectivity index (χ0v) is 44.0. The van der Waals surface area contributed by atoms with E-state index >= 15 is 0 Å². The standard InChI is InChI=1S/C75H45N5O2/c1-2-16-46(17-3-1)48-19-13-22-54(41-48)80-66-31-10-6-26-58(66)62-43-49(35-38-67(62)80)50-36-39-69-63(44-50)72-61(28-15-33-70(72)81-69)75-77-73(52-20-12-18-47(40-52)51-34-37-60-59-27-7-11-32-68(59)82-71(60)45-51)76-74(78-75)53-21-14-23-55(42-53)79-64-29-8-4-24-56(64)57-25-5-9-30-65(57)79/h1-45H. The van der Waals surface area contributed by atoms with E-state index in [1.165, 1.54) is 32.7 Å². The van der Waals surface area contributed by atoms with Crippen molar-refractivity contribution in [1.29, 1.82) is 0 Å².